The van der Waals surface area contributed by atoms with Crippen LogP contribution in [0.3, 0.4) is 0 Å². The van der Waals surface area contributed by atoms with Crippen molar-refractivity contribution in [3.63, 3.8) is 0 Å². The number of anilines is 6. The molecule has 0 fully saturated rings. The van der Waals surface area contributed by atoms with Crippen LogP contribution in [-0.4, -0.2) is 14.1 Å². The van der Waals surface area contributed by atoms with E-state index in [4.69, 9.17) is 16.6 Å². The normalized spacial score (nSPS) is 13.4. The Bertz CT molecular complexity index is 5550. The summed E-state index contributed by atoms with van der Waals surface area (Å²) in [5, 5.41) is 0. The summed E-state index contributed by atoms with van der Waals surface area (Å²) in [6, 6.07) is 105. The van der Waals surface area contributed by atoms with Crippen molar-refractivity contribution in [3.05, 3.63) is 371 Å². The number of imidazole rings is 1. The first-order valence-electron chi connectivity index (χ1n) is 33.6. The number of aromatic nitrogens is 3. The molecule has 6 nitrogen and oxygen atoms in total. The van der Waals surface area contributed by atoms with Crippen molar-refractivity contribution in [3.8, 4) is 78.5 Å². The predicted molar refractivity (Wildman–Crippen MR) is 377 cm³/mol. The fourth-order valence-electron chi connectivity index (χ4n) is 14.2. The molecule has 2 aromatic heterocycles. The number of fused-ring (bicyclic) bond motifs is 9. The zero-order valence-corrected chi connectivity index (χ0v) is 52.7. The van der Waals surface area contributed by atoms with Gasteiger partial charge in [-0.05, 0) is 76.7 Å². The molecule has 0 saturated heterocycles. The number of aryl methyl sites for hydroxylation is 1. The van der Waals surface area contributed by atoms with Crippen LogP contribution >= 0.6 is 0 Å². The summed E-state index contributed by atoms with van der Waals surface area (Å²) in [6.45, 7) is 1.91. The van der Waals surface area contributed by atoms with Gasteiger partial charge in [-0.15, -0.1) is 0 Å². The Kier molecular flexibility index (Phi) is 12.5. The number of para-hydroxylation sites is 5. The number of hydrogen-bond acceptors (Lipinski definition) is 4. The molecule has 2 aliphatic heterocycles. The summed E-state index contributed by atoms with van der Waals surface area (Å²) in [7, 11) is 0. The predicted octanol–water partition coefficient (Wildman–Crippen LogP) is 22.3. The molecule has 0 aliphatic carbocycles. The van der Waals surface area contributed by atoms with E-state index in [2.05, 4.69) is 329 Å². The Hall–Kier alpha value is -11.4. The fraction of sp³-hybridized carbons (Fsp3) is 0.0233. The molecule has 13 aromatic carbocycles. The fourth-order valence-corrected chi connectivity index (χ4v) is 15.3. The molecule has 7 heteroatoms. The summed E-state index contributed by atoms with van der Waals surface area (Å²) < 4.78 is 56.8. The topological polar surface area (TPSA) is 38.5 Å². The quantitative estimate of drug-likeness (QED) is 0.129. The van der Waals surface area contributed by atoms with Crippen molar-refractivity contribution < 1.29 is 30.9 Å². The zero-order chi connectivity index (χ0) is 66.3. The third-order valence-corrected chi connectivity index (χ3v) is 19.2. The Morgan fingerprint density at radius 2 is 0.871 bits per heavy atom. The van der Waals surface area contributed by atoms with Crippen LogP contribution in [0.1, 0.15) is 34.7 Å². The second kappa shape index (κ2) is 23.1. The minimum Gasteiger partial charge on any atom is -0.0616 e. The smallest absolute Gasteiger partial charge is 0.0616 e. The summed E-state index contributed by atoms with van der Waals surface area (Å²) >= 11 is 2.49. The summed E-state index contributed by atoms with van der Waals surface area (Å²) in [4.78, 5) is 9.89. The number of benzene rings is 13. The van der Waals surface area contributed by atoms with Crippen LogP contribution in [0.4, 0.5) is 34.3 Å². The van der Waals surface area contributed by atoms with Crippen LogP contribution in [0.25, 0.3) is 78.0 Å². The minimum absolute atomic E-state index is 0.0945. The van der Waals surface area contributed by atoms with Crippen LogP contribution < -0.4 is 14.5 Å². The van der Waals surface area contributed by atoms with E-state index >= 15 is 0 Å². The van der Waals surface area contributed by atoms with E-state index in [9.17, 15) is 0 Å². The van der Waals surface area contributed by atoms with Crippen molar-refractivity contribution >= 4 is 45.3 Å². The van der Waals surface area contributed by atoms with Gasteiger partial charge in [0.25, 0.3) is 0 Å². The molecule has 0 atom stereocenters. The van der Waals surface area contributed by atoms with Crippen LogP contribution in [0.5, 0.6) is 11.5 Å². The number of rotatable bonds is 11. The molecule has 2 aliphatic rings. The Balaban J connectivity index is 0.894. The molecule has 4 heterocycles. The third kappa shape index (κ3) is 9.36. The molecule has 93 heavy (non-hydrogen) atoms. The van der Waals surface area contributed by atoms with Gasteiger partial charge in [0.05, 0.1) is 18.2 Å². The average Bonchev–Trinajstić information content (AvgIpc) is 0.777. The standard InChI is InChI=1S/C86H59N5O.Pt/c1-59-52-84(87-57-73(59)64-34-16-6-17-35-64)91-78-43-21-20-42-74(78)86(76-53-65(60-26-8-2-9-27-60)46-50-79(76)90(67-36-18-7-19-37-67)80-51-47-66(54-77(80)86)61-28-10-3-11-29-61)75-49-48-70(56-83(75)91)92-69-39-24-38-68(55-69)88-58-89(82-45-23-22-44-81(82)88)85-71(62-30-12-4-13-31-62)40-25-41-72(85)63-32-14-5-15-33-63;/h2-57H,1H3;/i6D,16D,17D,34D,35D;. The van der Waals surface area contributed by atoms with E-state index in [1.54, 1.807) is 6.20 Å². The molecule has 17 rings (SSSR count). The molecule has 0 N–H and O–H groups in total. The first kappa shape index (κ1) is 50.3. The maximum atomic E-state index is 9.06. The van der Waals surface area contributed by atoms with E-state index in [-0.39, 0.29) is 17.6 Å². The van der Waals surface area contributed by atoms with Crippen molar-refractivity contribution in [2.75, 3.05) is 9.80 Å². The SMILES string of the molecule is [2H]c1c([2H])c([2H])c(-c2cnc(N3c4ccccc4C4(c5cc(-c6ccccc6)ccc5N(c5ccccc5)c5ccc(-c6ccccc6)cc54)c4ccc(Oc5cccc(-n6[c](=[Pt])n(-c7c(-c8ccccc8)cccc7-c7ccccc7)c7ccccc76)c5)cc43)cc2C)c([2H])c1[2H]. The number of pyridine rings is 1. The molecule has 15 aromatic rings. The number of hydrogen-bond donors (Lipinski definition) is 0. The molecular weight excluding hydrogens is 1310 g/mol. The first-order chi connectivity index (χ1) is 48.0. The van der Waals surface area contributed by atoms with Gasteiger partial charge in [0.15, 0.2) is 0 Å². The van der Waals surface area contributed by atoms with Gasteiger partial charge in [0.2, 0.25) is 0 Å². The monoisotopic (exact) mass is 1380 g/mol. The third-order valence-electron chi connectivity index (χ3n) is 18.2. The van der Waals surface area contributed by atoms with Crippen molar-refractivity contribution in [1.82, 2.24) is 14.1 Å². The summed E-state index contributed by atoms with van der Waals surface area (Å²) in [5.41, 5.74) is 21.9. The molecule has 0 radical (unpaired) electrons. The zero-order valence-electron chi connectivity index (χ0n) is 55.4. The Labute approximate surface area is 558 Å². The molecule has 0 bridgehead atoms. The van der Waals surface area contributed by atoms with Gasteiger partial charge in [-0.2, -0.15) is 0 Å². The van der Waals surface area contributed by atoms with Gasteiger partial charge in [-0.1, -0.05) is 139 Å². The Morgan fingerprint density at radius 1 is 0.366 bits per heavy atom. The van der Waals surface area contributed by atoms with Crippen molar-refractivity contribution in [1.29, 1.82) is 0 Å². The second-order valence-corrected chi connectivity index (χ2v) is 24.5. The van der Waals surface area contributed by atoms with Gasteiger partial charge in [0.1, 0.15) is 0 Å². The molecular formula is C86H59N5OPt. The van der Waals surface area contributed by atoms with Gasteiger partial charge in [0, 0.05) is 17.4 Å². The maximum absolute atomic E-state index is 9.06. The van der Waals surface area contributed by atoms with Crippen LogP contribution in [-0.2, 0) is 24.8 Å². The molecule has 444 valence electrons. The Morgan fingerprint density at radius 3 is 1.48 bits per heavy atom. The number of nitrogens with zero attached hydrogens (tertiary/aromatic N) is 5. The first-order valence-corrected chi connectivity index (χ1v) is 32.2. The number of ether oxygens (including phenoxy) is 1. The van der Waals surface area contributed by atoms with Gasteiger partial charge < -0.3 is 4.90 Å². The van der Waals surface area contributed by atoms with Crippen LogP contribution in [0, 0.1) is 10.7 Å². The van der Waals surface area contributed by atoms with E-state index in [1.165, 1.54) is 0 Å². The second-order valence-electron chi connectivity index (χ2n) is 23.4. The van der Waals surface area contributed by atoms with E-state index in [0.717, 1.165) is 121 Å². The molecule has 1 spiro atoms. The van der Waals surface area contributed by atoms with Gasteiger partial charge >= 0.3 is 306 Å². The van der Waals surface area contributed by atoms with Crippen LogP contribution in [0.2, 0.25) is 0 Å². The van der Waals surface area contributed by atoms with Gasteiger partial charge in [-0.3, -0.25) is 0 Å². The summed E-state index contributed by atoms with van der Waals surface area (Å²) in [5.74, 6) is 1.77. The van der Waals surface area contributed by atoms with Crippen LogP contribution in [0.15, 0.2) is 340 Å². The van der Waals surface area contributed by atoms with E-state index in [0.29, 0.717) is 28.4 Å². The summed E-state index contributed by atoms with van der Waals surface area (Å²) in [6.07, 6.45) is 1.65. The van der Waals surface area contributed by atoms with E-state index < -0.39 is 23.5 Å². The molecule has 0 amide bonds. The molecule has 0 saturated carbocycles. The average molecular weight is 1380 g/mol. The molecule has 0 unspecified atom stereocenters. The minimum atomic E-state index is -1.02. The van der Waals surface area contributed by atoms with Crippen molar-refractivity contribution in [2.24, 2.45) is 0 Å². The van der Waals surface area contributed by atoms with Gasteiger partial charge in [-0.25, -0.2) is 0 Å². The van der Waals surface area contributed by atoms with E-state index in [1.807, 2.05) is 19.1 Å². The van der Waals surface area contributed by atoms with Crippen molar-refractivity contribution in [2.45, 2.75) is 12.3 Å².